The number of hydrogen-bond acceptors (Lipinski definition) is 7. The van der Waals surface area contributed by atoms with Crippen molar-refractivity contribution in [2.75, 3.05) is 0 Å². The van der Waals surface area contributed by atoms with E-state index in [-0.39, 0.29) is 5.76 Å². The Morgan fingerprint density at radius 3 is 1.95 bits per heavy atom. The summed E-state index contributed by atoms with van der Waals surface area (Å²) in [6, 6.07) is 8.12. The Hall–Kier alpha value is -3.35. The molecule has 0 amide bonds. The van der Waals surface area contributed by atoms with Gasteiger partial charge in [-0.05, 0) is 0 Å². The predicted molar refractivity (Wildman–Crippen MR) is 76.2 cm³/mol. The lowest BCUT2D eigenvalue weighted by atomic mass is 10.1. The second-order valence-corrected chi connectivity index (χ2v) is 4.57. The van der Waals surface area contributed by atoms with Gasteiger partial charge in [0.2, 0.25) is 28.4 Å². The third kappa shape index (κ3) is 1.72. The molecule has 112 valence electrons. The molecule has 7 nitrogen and oxygen atoms in total. The van der Waals surface area contributed by atoms with E-state index in [2.05, 4.69) is 0 Å². The number of phenols is 4. The Labute approximate surface area is 122 Å². The van der Waals surface area contributed by atoms with E-state index in [1.54, 1.807) is 30.3 Å². The average Bonchev–Trinajstić information content (AvgIpc) is 2.54. The van der Waals surface area contributed by atoms with E-state index in [9.17, 15) is 30.3 Å². The van der Waals surface area contributed by atoms with Crippen molar-refractivity contribution >= 4 is 11.0 Å². The summed E-state index contributed by atoms with van der Waals surface area (Å²) in [5, 5.41) is 47.9. The van der Waals surface area contributed by atoms with Crippen LogP contribution < -0.4 is 5.43 Å². The monoisotopic (exact) mass is 302 g/mol. The van der Waals surface area contributed by atoms with E-state index in [0.717, 1.165) is 0 Å². The molecule has 1 heterocycles. The van der Waals surface area contributed by atoms with Crippen LogP contribution in [-0.2, 0) is 0 Å². The first-order chi connectivity index (χ1) is 10.4. The number of aromatic hydroxyl groups is 5. The second kappa shape index (κ2) is 4.59. The van der Waals surface area contributed by atoms with Crippen LogP contribution in [-0.4, -0.2) is 25.5 Å². The van der Waals surface area contributed by atoms with Crippen LogP contribution in [0.4, 0.5) is 0 Å². The predicted octanol–water partition coefficient (Wildman–Crippen LogP) is 1.99. The maximum absolute atomic E-state index is 12.2. The molecule has 7 heteroatoms. The summed E-state index contributed by atoms with van der Waals surface area (Å²) in [5.74, 6) is -5.05. The van der Waals surface area contributed by atoms with E-state index in [4.69, 9.17) is 4.42 Å². The van der Waals surface area contributed by atoms with Gasteiger partial charge >= 0.3 is 0 Å². The zero-order valence-electron chi connectivity index (χ0n) is 10.9. The normalized spacial score (nSPS) is 10.9. The highest BCUT2D eigenvalue weighted by Gasteiger charge is 2.26. The fourth-order valence-corrected chi connectivity index (χ4v) is 2.14. The van der Waals surface area contributed by atoms with Gasteiger partial charge < -0.3 is 29.9 Å². The van der Waals surface area contributed by atoms with Gasteiger partial charge in [-0.1, -0.05) is 30.3 Å². The van der Waals surface area contributed by atoms with E-state index in [1.165, 1.54) is 0 Å². The highest BCUT2D eigenvalue weighted by atomic mass is 16.4. The van der Waals surface area contributed by atoms with Crippen LogP contribution in [0.1, 0.15) is 0 Å². The van der Waals surface area contributed by atoms with Crippen molar-refractivity contribution in [3.05, 3.63) is 40.6 Å². The number of hydrogen-bond donors (Lipinski definition) is 5. The van der Waals surface area contributed by atoms with Crippen molar-refractivity contribution < 1.29 is 29.9 Å². The molecule has 0 aliphatic carbocycles. The standard InChI is InChI=1S/C15H10O7/c16-8-7-9(17)12(20)14(6-4-2-1-3-5-6)22-15(7)13(21)11(19)10(8)18/h1-5,16,18-21H. The minimum absolute atomic E-state index is 0.238. The summed E-state index contributed by atoms with van der Waals surface area (Å²) in [6.07, 6.45) is 0. The quantitative estimate of drug-likeness (QED) is 0.343. The summed E-state index contributed by atoms with van der Waals surface area (Å²) < 4.78 is 5.28. The van der Waals surface area contributed by atoms with Crippen LogP contribution in [0.5, 0.6) is 28.7 Å². The number of rotatable bonds is 1. The van der Waals surface area contributed by atoms with Crippen molar-refractivity contribution in [3.8, 4) is 40.1 Å². The zero-order valence-corrected chi connectivity index (χ0v) is 10.9. The molecule has 0 aliphatic rings. The summed E-state index contributed by atoms with van der Waals surface area (Å²) in [7, 11) is 0. The fourth-order valence-electron chi connectivity index (χ4n) is 2.14. The van der Waals surface area contributed by atoms with Crippen LogP contribution in [0.15, 0.2) is 39.5 Å². The van der Waals surface area contributed by atoms with Gasteiger partial charge in [0.15, 0.2) is 17.1 Å². The summed E-state index contributed by atoms with van der Waals surface area (Å²) >= 11 is 0. The summed E-state index contributed by atoms with van der Waals surface area (Å²) in [6.45, 7) is 0. The van der Waals surface area contributed by atoms with Crippen molar-refractivity contribution in [3.63, 3.8) is 0 Å². The fraction of sp³-hybridized carbons (Fsp3) is 0. The largest absolute Gasteiger partial charge is 0.504 e. The van der Waals surface area contributed by atoms with Crippen molar-refractivity contribution in [2.24, 2.45) is 0 Å². The van der Waals surface area contributed by atoms with Gasteiger partial charge in [0.1, 0.15) is 5.39 Å². The second-order valence-electron chi connectivity index (χ2n) is 4.57. The number of phenolic OH excluding ortho intramolecular Hbond substituents is 4. The molecule has 5 N–H and O–H groups in total. The van der Waals surface area contributed by atoms with Crippen LogP contribution in [0.25, 0.3) is 22.3 Å². The van der Waals surface area contributed by atoms with E-state index < -0.39 is 45.1 Å². The molecule has 2 aromatic carbocycles. The van der Waals surface area contributed by atoms with Crippen molar-refractivity contribution in [1.29, 1.82) is 0 Å². The summed E-state index contributed by atoms with van der Waals surface area (Å²) in [5.41, 5.74) is -1.25. The van der Waals surface area contributed by atoms with Gasteiger partial charge in [0.25, 0.3) is 0 Å². The molecule has 0 unspecified atom stereocenters. The molecule has 0 bridgehead atoms. The van der Waals surface area contributed by atoms with Gasteiger partial charge in [0.05, 0.1) is 0 Å². The lowest BCUT2D eigenvalue weighted by molar-refractivity contribution is 0.345. The molecule has 0 spiro atoms. The molecular weight excluding hydrogens is 292 g/mol. The number of benzene rings is 2. The molecule has 0 radical (unpaired) electrons. The first-order valence-corrected chi connectivity index (χ1v) is 6.14. The third-order valence-corrected chi connectivity index (χ3v) is 3.25. The Morgan fingerprint density at radius 1 is 0.727 bits per heavy atom. The topological polar surface area (TPSA) is 131 Å². The summed E-state index contributed by atoms with van der Waals surface area (Å²) in [4.78, 5) is 12.2. The Balaban J connectivity index is 2.51. The Kier molecular flexibility index (Phi) is 2.84. The zero-order chi connectivity index (χ0) is 16.0. The van der Waals surface area contributed by atoms with Crippen LogP contribution in [0.2, 0.25) is 0 Å². The molecule has 0 saturated carbocycles. The molecule has 0 saturated heterocycles. The van der Waals surface area contributed by atoms with Crippen LogP contribution >= 0.6 is 0 Å². The minimum Gasteiger partial charge on any atom is -0.504 e. The molecule has 1 aromatic heterocycles. The molecule has 0 atom stereocenters. The lowest BCUT2D eigenvalue weighted by Gasteiger charge is -2.10. The van der Waals surface area contributed by atoms with Crippen LogP contribution in [0, 0.1) is 0 Å². The van der Waals surface area contributed by atoms with Gasteiger partial charge in [-0.3, -0.25) is 4.79 Å². The maximum atomic E-state index is 12.2. The first-order valence-electron chi connectivity index (χ1n) is 6.14. The molecule has 0 aliphatic heterocycles. The third-order valence-electron chi connectivity index (χ3n) is 3.25. The first kappa shape index (κ1) is 13.6. The van der Waals surface area contributed by atoms with Gasteiger partial charge in [0, 0.05) is 5.56 Å². The van der Waals surface area contributed by atoms with Gasteiger partial charge in [-0.15, -0.1) is 0 Å². The van der Waals surface area contributed by atoms with E-state index >= 15 is 0 Å². The average molecular weight is 302 g/mol. The molecule has 22 heavy (non-hydrogen) atoms. The van der Waals surface area contributed by atoms with E-state index in [1.807, 2.05) is 0 Å². The SMILES string of the molecule is O=c1c(O)c(-c2ccccc2)oc2c(O)c(O)c(O)c(O)c12. The highest BCUT2D eigenvalue weighted by Crippen LogP contribution is 2.49. The Bertz CT molecular complexity index is 942. The molecular formula is C15H10O7. The lowest BCUT2D eigenvalue weighted by Crippen LogP contribution is -2.03. The highest BCUT2D eigenvalue weighted by molar-refractivity contribution is 5.95. The molecule has 3 rings (SSSR count). The van der Waals surface area contributed by atoms with Gasteiger partial charge in [-0.25, -0.2) is 0 Å². The Morgan fingerprint density at radius 2 is 1.32 bits per heavy atom. The maximum Gasteiger partial charge on any atom is 0.239 e. The minimum atomic E-state index is -1.08. The van der Waals surface area contributed by atoms with Crippen molar-refractivity contribution in [2.45, 2.75) is 0 Å². The molecule has 3 aromatic rings. The molecule has 0 fully saturated rings. The van der Waals surface area contributed by atoms with Crippen molar-refractivity contribution in [1.82, 2.24) is 0 Å². The number of fused-ring (bicyclic) bond motifs is 1. The van der Waals surface area contributed by atoms with Gasteiger partial charge in [-0.2, -0.15) is 0 Å². The smallest absolute Gasteiger partial charge is 0.239 e. The van der Waals surface area contributed by atoms with Crippen LogP contribution in [0.3, 0.4) is 0 Å². The van der Waals surface area contributed by atoms with E-state index in [0.29, 0.717) is 5.56 Å².